The zero-order chi connectivity index (χ0) is 8.10. The van der Waals surface area contributed by atoms with Gasteiger partial charge in [-0.25, -0.2) is 5.48 Å². The molecule has 0 aliphatic rings. The summed E-state index contributed by atoms with van der Waals surface area (Å²) in [5.74, 6) is 0.276. The van der Waals surface area contributed by atoms with Gasteiger partial charge in [-0.3, -0.25) is 4.84 Å². The lowest BCUT2D eigenvalue weighted by Crippen LogP contribution is -2.01. The zero-order valence-corrected chi connectivity index (χ0v) is 7.02. The maximum atomic E-state index is 5.28. The van der Waals surface area contributed by atoms with Crippen molar-refractivity contribution in [3.8, 4) is 0 Å². The Morgan fingerprint density at radius 2 is 2.55 bits per heavy atom. The highest BCUT2D eigenvalue weighted by Gasteiger charge is 1.97. The minimum atomic E-state index is 0.276. The third-order valence-corrected chi connectivity index (χ3v) is 1.53. The molecule has 0 bridgehead atoms. The van der Waals surface area contributed by atoms with Gasteiger partial charge in [-0.2, -0.15) is 9.36 Å². The molecule has 1 heterocycles. The van der Waals surface area contributed by atoms with E-state index in [1.54, 1.807) is 0 Å². The summed E-state index contributed by atoms with van der Waals surface area (Å²) in [6.07, 6.45) is 0.960. The van der Waals surface area contributed by atoms with Crippen LogP contribution in [0.4, 0.5) is 11.1 Å². The van der Waals surface area contributed by atoms with Crippen molar-refractivity contribution in [2.75, 3.05) is 17.8 Å². The average molecular weight is 174 g/mol. The van der Waals surface area contributed by atoms with Crippen molar-refractivity contribution in [2.24, 2.45) is 0 Å². The first kappa shape index (κ1) is 8.22. The maximum absolute atomic E-state index is 5.28. The smallest absolute Gasteiger partial charge is 0.233 e. The molecule has 3 N–H and O–H groups in total. The summed E-state index contributed by atoms with van der Waals surface area (Å²) in [5, 5.41) is 0.593. The van der Waals surface area contributed by atoms with Crippen molar-refractivity contribution in [2.45, 2.75) is 13.3 Å². The van der Waals surface area contributed by atoms with Gasteiger partial charge in [0, 0.05) is 11.5 Å². The molecule has 1 rings (SSSR count). The van der Waals surface area contributed by atoms with Gasteiger partial charge in [-0.1, -0.05) is 6.92 Å². The lowest BCUT2D eigenvalue weighted by atomic mass is 10.5. The number of rotatable bonds is 4. The summed E-state index contributed by atoms with van der Waals surface area (Å²) < 4.78 is 3.76. The van der Waals surface area contributed by atoms with Crippen LogP contribution in [0.25, 0.3) is 0 Å². The van der Waals surface area contributed by atoms with E-state index in [9.17, 15) is 0 Å². The first-order valence-electron chi connectivity index (χ1n) is 3.30. The van der Waals surface area contributed by atoms with Crippen LogP contribution in [0.15, 0.2) is 0 Å². The minimum absolute atomic E-state index is 0.276. The Kier molecular flexibility index (Phi) is 3.06. The Morgan fingerprint density at radius 3 is 3.09 bits per heavy atom. The van der Waals surface area contributed by atoms with Crippen molar-refractivity contribution >= 4 is 22.6 Å². The SMILES string of the molecule is CCCONc1nc(N)ns1. The number of nitrogens with two attached hydrogens (primary N) is 1. The molecule has 0 atom stereocenters. The van der Waals surface area contributed by atoms with E-state index in [4.69, 9.17) is 10.6 Å². The average Bonchev–Trinajstić information content (AvgIpc) is 2.37. The largest absolute Gasteiger partial charge is 0.367 e. The molecule has 0 aliphatic heterocycles. The highest BCUT2D eigenvalue weighted by molar-refractivity contribution is 7.09. The Morgan fingerprint density at radius 1 is 1.73 bits per heavy atom. The quantitative estimate of drug-likeness (QED) is 0.523. The second-order valence-corrected chi connectivity index (χ2v) is 2.66. The number of hydrogen-bond acceptors (Lipinski definition) is 6. The van der Waals surface area contributed by atoms with Crippen LogP contribution in [0.1, 0.15) is 13.3 Å². The molecule has 6 heteroatoms. The number of hydrogen-bond donors (Lipinski definition) is 2. The fraction of sp³-hybridized carbons (Fsp3) is 0.600. The van der Waals surface area contributed by atoms with E-state index in [2.05, 4.69) is 14.8 Å². The van der Waals surface area contributed by atoms with Crippen LogP contribution >= 0.6 is 11.5 Å². The molecule has 11 heavy (non-hydrogen) atoms. The van der Waals surface area contributed by atoms with Gasteiger partial charge < -0.3 is 5.73 Å². The number of anilines is 2. The summed E-state index contributed by atoms with van der Waals surface area (Å²) in [5.41, 5.74) is 7.91. The van der Waals surface area contributed by atoms with Crippen LogP contribution in [0, 0.1) is 0 Å². The molecule has 0 saturated heterocycles. The van der Waals surface area contributed by atoms with E-state index in [1.807, 2.05) is 6.92 Å². The molecular formula is C5H10N4OS. The Bertz CT molecular complexity index is 214. The van der Waals surface area contributed by atoms with Gasteiger partial charge in [-0.15, -0.1) is 0 Å². The first-order chi connectivity index (χ1) is 5.33. The molecule has 1 aromatic rings. The summed E-state index contributed by atoms with van der Waals surface area (Å²) in [6.45, 7) is 2.68. The Hall–Kier alpha value is -0.880. The number of nitrogen functional groups attached to an aromatic ring is 1. The van der Waals surface area contributed by atoms with Gasteiger partial charge in [0.25, 0.3) is 0 Å². The van der Waals surface area contributed by atoms with E-state index in [-0.39, 0.29) is 5.95 Å². The molecule has 0 aliphatic carbocycles. The maximum Gasteiger partial charge on any atom is 0.233 e. The van der Waals surface area contributed by atoms with Crippen LogP contribution < -0.4 is 11.2 Å². The third kappa shape index (κ3) is 2.69. The molecular weight excluding hydrogens is 164 g/mol. The second-order valence-electron chi connectivity index (χ2n) is 1.91. The molecule has 0 saturated carbocycles. The monoisotopic (exact) mass is 174 g/mol. The standard InChI is InChI=1S/C5H10N4OS/c1-2-3-10-8-5-7-4(6)9-11-5/h2-3H2,1H3,(H3,6,7,8,9). The summed E-state index contributed by atoms with van der Waals surface area (Å²) in [4.78, 5) is 8.82. The van der Waals surface area contributed by atoms with Crippen molar-refractivity contribution in [3.63, 3.8) is 0 Å². The molecule has 0 fully saturated rings. The van der Waals surface area contributed by atoms with Crippen LogP contribution in [-0.2, 0) is 4.84 Å². The number of nitrogens with one attached hydrogen (secondary N) is 1. The minimum Gasteiger partial charge on any atom is -0.367 e. The van der Waals surface area contributed by atoms with Gasteiger partial charge in [0.1, 0.15) is 0 Å². The third-order valence-electron chi connectivity index (χ3n) is 0.907. The number of nitrogens with zero attached hydrogens (tertiary/aromatic N) is 2. The van der Waals surface area contributed by atoms with Crippen LogP contribution in [-0.4, -0.2) is 16.0 Å². The molecule has 0 amide bonds. The second kappa shape index (κ2) is 4.09. The topological polar surface area (TPSA) is 73.1 Å². The molecule has 0 radical (unpaired) electrons. The van der Waals surface area contributed by atoms with E-state index in [0.717, 1.165) is 6.42 Å². The van der Waals surface area contributed by atoms with Gasteiger partial charge in [0.05, 0.1) is 6.61 Å². The molecule has 0 aromatic carbocycles. The van der Waals surface area contributed by atoms with Crippen LogP contribution in [0.3, 0.4) is 0 Å². The fourth-order valence-corrected chi connectivity index (χ4v) is 0.943. The van der Waals surface area contributed by atoms with Gasteiger partial charge in [-0.05, 0) is 6.42 Å². The molecule has 0 unspecified atom stereocenters. The zero-order valence-electron chi connectivity index (χ0n) is 6.20. The molecule has 5 nitrogen and oxygen atoms in total. The number of aromatic nitrogens is 2. The van der Waals surface area contributed by atoms with Crippen molar-refractivity contribution < 1.29 is 4.84 Å². The molecule has 0 spiro atoms. The Labute approximate surface area is 68.7 Å². The normalized spacial score (nSPS) is 9.91. The summed E-state index contributed by atoms with van der Waals surface area (Å²) in [7, 11) is 0. The first-order valence-corrected chi connectivity index (χ1v) is 4.07. The van der Waals surface area contributed by atoms with Crippen LogP contribution in [0.5, 0.6) is 0 Å². The van der Waals surface area contributed by atoms with E-state index >= 15 is 0 Å². The van der Waals surface area contributed by atoms with Crippen LogP contribution in [0.2, 0.25) is 0 Å². The van der Waals surface area contributed by atoms with Gasteiger partial charge >= 0.3 is 0 Å². The van der Waals surface area contributed by atoms with Gasteiger partial charge in [0.2, 0.25) is 11.1 Å². The van der Waals surface area contributed by atoms with E-state index in [0.29, 0.717) is 11.7 Å². The van der Waals surface area contributed by atoms with Crippen molar-refractivity contribution in [1.29, 1.82) is 0 Å². The predicted octanol–water partition coefficient (Wildman–Crippen LogP) is 0.874. The van der Waals surface area contributed by atoms with E-state index < -0.39 is 0 Å². The lowest BCUT2D eigenvalue weighted by molar-refractivity contribution is 0.194. The van der Waals surface area contributed by atoms with E-state index in [1.165, 1.54) is 11.5 Å². The summed E-state index contributed by atoms with van der Waals surface area (Å²) in [6, 6.07) is 0. The highest BCUT2D eigenvalue weighted by atomic mass is 32.1. The van der Waals surface area contributed by atoms with Gasteiger partial charge in [0.15, 0.2) is 0 Å². The summed E-state index contributed by atoms with van der Waals surface area (Å²) >= 11 is 1.18. The van der Waals surface area contributed by atoms with Crippen molar-refractivity contribution in [3.05, 3.63) is 0 Å². The fourth-order valence-electron chi connectivity index (χ4n) is 0.491. The van der Waals surface area contributed by atoms with Crippen molar-refractivity contribution in [1.82, 2.24) is 9.36 Å². The molecule has 1 aromatic heterocycles. The molecule has 62 valence electrons. The Balaban J connectivity index is 2.27. The highest BCUT2D eigenvalue weighted by Crippen LogP contribution is 2.11. The lowest BCUT2D eigenvalue weighted by Gasteiger charge is -1.98. The predicted molar refractivity (Wildman–Crippen MR) is 44.2 cm³/mol.